The van der Waals surface area contributed by atoms with E-state index in [0.29, 0.717) is 15.8 Å². The number of alkyl carbamates (subject to hydrolysis) is 1. The normalized spacial score (nSPS) is 11.5. The summed E-state index contributed by atoms with van der Waals surface area (Å²) in [5, 5.41) is 6.56. The van der Waals surface area contributed by atoms with Gasteiger partial charge in [-0.2, -0.15) is 0 Å². The molecule has 0 fully saturated rings. The molecule has 0 spiro atoms. The van der Waals surface area contributed by atoms with E-state index < -0.39 is 12.1 Å². The van der Waals surface area contributed by atoms with E-state index in [2.05, 4.69) is 20.6 Å². The number of ether oxygens (including phenoxy) is 2. The van der Waals surface area contributed by atoms with Gasteiger partial charge < -0.3 is 20.5 Å². The Morgan fingerprint density at radius 1 is 1.22 bits per heavy atom. The molecule has 1 unspecified atom stereocenters. The monoisotopic (exact) mass is 457 g/mol. The zero-order valence-corrected chi connectivity index (χ0v) is 18.6. The summed E-state index contributed by atoms with van der Waals surface area (Å²) in [7, 11) is 3.15. The predicted molar refractivity (Wildman–Crippen MR) is 119 cm³/mol. The summed E-state index contributed by atoms with van der Waals surface area (Å²) >= 11 is 1.23. The van der Waals surface area contributed by atoms with Gasteiger partial charge in [0.05, 0.1) is 38.7 Å². The maximum Gasteiger partial charge on any atom is 0.407 e. The van der Waals surface area contributed by atoms with Crippen LogP contribution in [-0.2, 0) is 23.1 Å². The first kappa shape index (κ1) is 23.1. The molecule has 168 valence electrons. The van der Waals surface area contributed by atoms with Gasteiger partial charge in [-0.1, -0.05) is 35.3 Å². The van der Waals surface area contributed by atoms with Crippen LogP contribution in [0.15, 0.2) is 48.9 Å². The molecule has 0 saturated heterocycles. The van der Waals surface area contributed by atoms with Crippen LogP contribution in [-0.4, -0.2) is 48.3 Å². The lowest BCUT2D eigenvalue weighted by molar-refractivity contribution is -0.659. The minimum absolute atomic E-state index is 0.194. The number of hydrogen-bond acceptors (Lipinski definition) is 9. The second-order valence-electron chi connectivity index (χ2n) is 6.82. The van der Waals surface area contributed by atoms with Crippen molar-refractivity contribution in [1.82, 2.24) is 15.3 Å². The molecule has 1 aromatic carbocycles. The molecular formula is C21H25N6O4S+. The van der Waals surface area contributed by atoms with Gasteiger partial charge in [0.1, 0.15) is 28.7 Å². The molecule has 32 heavy (non-hydrogen) atoms. The molecule has 0 aliphatic heterocycles. The summed E-state index contributed by atoms with van der Waals surface area (Å²) in [6.07, 6.45) is 4.44. The van der Waals surface area contributed by atoms with Gasteiger partial charge in [-0.3, -0.25) is 5.32 Å². The highest BCUT2D eigenvalue weighted by Gasteiger charge is 2.19. The van der Waals surface area contributed by atoms with Crippen LogP contribution in [0.4, 0.5) is 10.7 Å². The minimum Gasteiger partial charge on any atom is -0.465 e. The molecule has 1 atom stereocenters. The molecule has 0 aliphatic rings. The van der Waals surface area contributed by atoms with E-state index in [9.17, 15) is 9.59 Å². The van der Waals surface area contributed by atoms with Gasteiger partial charge in [0, 0.05) is 6.54 Å². The molecule has 2 heterocycles. The zero-order valence-electron chi connectivity index (χ0n) is 17.8. The maximum absolute atomic E-state index is 12.0. The number of amides is 1. The smallest absolute Gasteiger partial charge is 0.407 e. The highest BCUT2D eigenvalue weighted by molar-refractivity contribution is 7.16. The number of carbonyl (C=O) groups is 2. The van der Waals surface area contributed by atoms with Crippen molar-refractivity contribution < 1.29 is 23.6 Å². The van der Waals surface area contributed by atoms with Crippen molar-refractivity contribution in [2.24, 2.45) is 12.8 Å². The number of thiazole rings is 1. The third kappa shape index (κ3) is 6.22. The molecule has 4 N–H and O–H groups in total. The van der Waals surface area contributed by atoms with Gasteiger partial charge >= 0.3 is 18.0 Å². The first-order valence-corrected chi connectivity index (χ1v) is 10.6. The van der Waals surface area contributed by atoms with E-state index in [1.54, 1.807) is 10.8 Å². The number of aryl methyl sites for hydroxylation is 1. The van der Waals surface area contributed by atoms with Crippen molar-refractivity contribution in [3.8, 4) is 10.6 Å². The van der Waals surface area contributed by atoms with Crippen molar-refractivity contribution in [3.05, 3.63) is 59.4 Å². The molecule has 3 aromatic rings. The van der Waals surface area contributed by atoms with E-state index in [0.717, 1.165) is 11.1 Å². The van der Waals surface area contributed by atoms with E-state index in [1.807, 2.05) is 43.6 Å². The molecule has 1 amide bonds. The lowest BCUT2D eigenvalue weighted by Crippen LogP contribution is -2.45. The van der Waals surface area contributed by atoms with E-state index in [-0.39, 0.29) is 25.7 Å². The Kier molecular flexibility index (Phi) is 8.06. The lowest BCUT2D eigenvalue weighted by Gasteiger charge is -2.14. The number of rotatable bonds is 9. The molecule has 0 aliphatic carbocycles. The third-order valence-corrected chi connectivity index (χ3v) is 5.48. The van der Waals surface area contributed by atoms with Crippen LogP contribution in [0, 0.1) is 0 Å². The summed E-state index contributed by atoms with van der Waals surface area (Å²) in [4.78, 5) is 32.7. The molecular weight excluding hydrogens is 432 g/mol. The Labute approximate surface area is 189 Å². The number of nitrogens with one attached hydrogen (secondary N) is 2. The van der Waals surface area contributed by atoms with Crippen LogP contribution in [0.3, 0.4) is 0 Å². The van der Waals surface area contributed by atoms with E-state index >= 15 is 0 Å². The fraction of sp³-hybridized carbons (Fsp3) is 0.286. The average molecular weight is 458 g/mol. The molecule has 0 saturated carbocycles. The van der Waals surface area contributed by atoms with Gasteiger partial charge in [-0.05, 0) is 5.56 Å². The van der Waals surface area contributed by atoms with E-state index in [4.69, 9.17) is 15.2 Å². The largest absolute Gasteiger partial charge is 0.465 e. The van der Waals surface area contributed by atoms with Gasteiger partial charge in [-0.25, -0.2) is 19.1 Å². The predicted octanol–water partition coefficient (Wildman–Crippen LogP) is 1.48. The number of nitrogens with two attached hydrogens (primary N) is 1. The number of esters is 1. The molecule has 11 heteroatoms. The van der Waals surface area contributed by atoms with Crippen molar-refractivity contribution in [1.29, 1.82) is 0 Å². The van der Waals surface area contributed by atoms with Crippen LogP contribution < -0.4 is 20.9 Å². The molecule has 2 aromatic heterocycles. The first-order chi connectivity index (χ1) is 15.5. The number of aromatic nitrogens is 3. The van der Waals surface area contributed by atoms with Crippen molar-refractivity contribution >= 4 is 29.3 Å². The number of methoxy groups -OCH3 is 1. The van der Waals surface area contributed by atoms with Gasteiger partial charge in [0.2, 0.25) is 0 Å². The van der Waals surface area contributed by atoms with Crippen LogP contribution in [0.1, 0.15) is 15.2 Å². The number of benzene rings is 1. The fourth-order valence-corrected chi connectivity index (χ4v) is 3.54. The second-order valence-corrected chi connectivity index (χ2v) is 7.85. The Morgan fingerprint density at radius 3 is 2.69 bits per heavy atom. The maximum atomic E-state index is 12.0. The van der Waals surface area contributed by atoms with E-state index in [1.165, 1.54) is 24.6 Å². The number of hydrogen-bond donors (Lipinski definition) is 3. The molecule has 0 radical (unpaired) electrons. The van der Waals surface area contributed by atoms with Gasteiger partial charge in [-0.15, -0.1) is 11.3 Å². The minimum atomic E-state index is -0.521. The molecule has 3 rings (SSSR count). The van der Waals surface area contributed by atoms with Gasteiger partial charge in [0.25, 0.3) is 0 Å². The number of nitrogens with zero attached hydrogens (tertiary/aromatic N) is 3. The fourth-order valence-electron chi connectivity index (χ4n) is 2.73. The quantitative estimate of drug-likeness (QED) is 0.325. The summed E-state index contributed by atoms with van der Waals surface area (Å²) in [6.45, 7) is 0.736. The zero-order chi connectivity index (χ0) is 22.9. The Balaban J connectivity index is 1.54. The van der Waals surface area contributed by atoms with Crippen LogP contribution >= 0.6 is 11.3 Å². The van der Waals surface area contributed by atoms with Crippen LogP contribution in [0.25, 0.3) is 10.6 Å². The highest BCUT2D eigenvalue weighted by Crippen LogP contribution is 2.24. The van der Waals surface area contributed by atoms with Crippen molar-refractivity contribution in [3.63, 3.8) is 0 Å². The third-order valence-electron chi connectivity index (χ3n) is 4.46. The topological polar surface area (TPSA) is 132 Å². The Hall–Kier alpha value is -3.57. The summed E-state index contributed by atoms with van der Waals surface area (Å²) in [5.41, 5.74) is 7.51. The number of carbonyl (C=O) groups excluding carboxylic acids is 2. The van der Waals surface area contributed by atoms with Gasteiger partial charge in [0.15, 0.2) is 0 Å². The standard InChI is InChI=1S/C21H24N6O4S/c1-27-12-15(18-23-11-17(32-18)19(28)30-2)9-24-20(27)26-16(8-22)10-25-21(29)31-13-14-6-4-3-5-7-14/h3-7,9,11-12,16H,8,10,13,22H2,1-2H3,(H,25,29)/p+1. The summed E-state index contributed by atoms with van der Waals surface area (Å²) in [6, 6.07) is 9.18. The van der Waals surface area contributed by atoms with Crippen LogP contribution in [0.5, 0.6) is 0 Å². The second kappa shape index (κ2) is 11.2. The molecule has 10 nitrogen and oxygen atoms in total. The Morgan fingerprint density at radius 2 is 2.00 bits per heavy atom. The first-order valence-electron chi connectivity index (χ1n) is 9.81. The highest BCUT2D eigenvalue weighted by atomic mass is 32.1. The molecule has 0 bridgehead atoms. The van der Waals surface area contributed by atoms with Crippen LogP contribution in [0.2, 0.25) is 0 Å². The lowest BCUT2D eigenvalue weighted by atomic mass is 10.2. The van der Waals surface area contributed by atoms with Crippen molar-refractivity contribution in [2.45, 2.75) is 12.6 Å². The Bertz CT molecular complexity index is 1060. The summed E-state index contributed by atoms with van der Waals surface area (Å²) in [5.74, 6) is 0.137. The van der Waals surface area contributed by atoms with Crippen molar-refractivity contribution in [2.75, 3.05) is 25.5 Å². The number of anilines is 1. The average Bonchev–Trinajstić information content (AvgIpc) is 3.32. The summed E-state index contributed by atoms with van der Waals surface area (Å²) < 4.78 is 11.7. The SMILES string of the molecule is COC(=O)c1cnc(-c2cnc(NC(CN)CNC(=O)OCc3ccccc3)[n+](C)c2)s1.